The highest BCUT2D eigenvalue weighted by Gasteiger charge is 2.14. The van der Waals surface area contributed by atoms with E-state index in [-0.39, 0.29) is 23.9 Å². The Morgan fingerprint density at radius 1 is 1.14 bits per heavy atom. The number of carbonyl (C=O) groups is 1. The zero-order valence-corrected chi connectivity index (χ0v) is 14.1. The van der Waals surface area contributed by atoms with Crippen molar-refractivity contribution in [1.82, 2.24) is 10.0 Å². The molecule has 0 aliphatic heterocycles. The van der Waals surface area contributed by atoms with Gasteiger partial charge in [-0.2, -0.15) is 0 Å². The van der Waals surface area contributed by atoms with E-state index in [0.29, 0.717) is 4.88 Å². The quantitative estimate of drug-likeness (QED) is 0.792. The lowest BCUT2D eigenvalue weighted by Gasteiger charge is -2.09. The smallest absolute Gasteiger partial charge is 0.261 e. The zero-order valence-electron chi connectivity index (χ0n) is 12.4. The average Bonchev–Trinajstić information content (AvgIpc) is 3.00. The van der Waals surface area contributed by atoms with E-state index in [2.05, 4.69) is 10.0 Å². The lowest BCUT2D eigenvalue weighted by Crippen LogP contribution is -2.34. The van der Waals surface area contributed by atoms with Crippen LogP contribution in [0.15, 0.2) is 40.6 Å². The van der Waals surface area contributed by atoms with Crippen molar-refractivity contribution in [1.29, 1.82) is 0 Å². The Hall–Kier alpha value is -1.70. The molecule has 0 aliphatic rings. The summed E-state index contributed by atoms with van der Waals surface area (Å²) in [5.41, 5.74) is 1.97. The maximum atomic E-state index is 12.1. The minimum absolute atomic E-state index is 0.145. The Bertz CT molecular complexity index is 753. The fourth-order valence-electron chi connectivity index (χ4n) is 1.82. The lowest BCUT2D eigenvalue weighted by atomic mass is 10.1. The van der Waals surface area contributed by atoms with E-state index >= 15 is 0 Å². The second-order valence-corrected chi connectivity index (χ2v) is 7.59. The van der Waals surface area contributed by atoms with Crippen LogP contribution >= 0.6 is 11.3 Å². The highest BCUT2D eigenvalue weighted by molar-refractivity contribution is 7.89. The number of aryl methyl sites for hydroxylation is 2. The molecule has 2 rings (SSSR count). The first-order chi connectivity index (χ1) is 10.4. The van der Waals surface area contributed by atoms with Gasteiger partial charge < -0.3 is 5.32 Å². The highest BCUT2D eigenvalue weighted by atomic mass is 32.2. The van der Waals surface area contributed by atoms with Crippen molar-refractivity contribution in [2.24, 2.45) is 0 Å². The summed E-state index contributed by atoms with van der Waals surface area (Å²) in [6.07, 6.45) is 0. The third-order valence-electron chi connectivity index (χ3n) is 3.24. The Kier molecular flexibility index (Phi) is 5.33. The number of hydrogen-bond donors (Lipinski definition) is 2. The highest BCUT2D eigenvalue weighted by Crippen LogP contribution is 2.14. The van der Waals surface area contributed by atoms with Gasteiger partial charge in [0.15, 0.2) is 0 Å². The second kappa shape index (κ2) is 7.04. The minimum Gasteiger partial charge on any atom is -0.350 e. The van der Waals surface area contributed by atoms with Gasteiger partial charge in [-0.15, -0.1) is 11.3 Å². The summed E-state index contributed by atoms with van der Waals surface area (Å²) in [4.78, 5) is 12.5. The fourth-order valence-corrected chi connectivity index (χ4v) is 3.58. The normalized spacial score (nSPS) is 11.4. The van der Waals surface area contributed by atoms with Crippen LogP contribution in [0.3, 0.4) is 0 Å². The topological polar surface area (TPSA) is 75.3 Å². The predicted molar refractivity (Wildman–Crippen MR) is 87.8 cm³/mol. The maximum Gasteiger partial charge on any atom is 0.261 e. The summed E-state index contributed by atoms with van der Waals surface area (Å²) in [5.74, 6) is -0.194. The van der Waals surface area contributed by atoms with Crippen LogP contribution in [0.5, 0.6) is 0 Å². The molecule has 0 bridgehead atoms. The van der Waals surface area contributed by atoms with Gasteiger partial charge >= 0.3 is 0 Å². The van der Waals surface area contributed by atoms with Gasteiger partial charge in [0.2, 0.25) is 10.0 Å². The summed E-state index contributed by atoms with van der Waals surface area (Å²) >= 11 is 1.34. The summed E-state index contributed by atoms with van der Waals surface area (Å²) < 4.78 is 26.8. The van der Waals surface area contributed by atoms with E-state index in [0.717, 1.165) is 11.1 Å². The SMILES string of the molecule is Cc1ccc(S(=O)(=O)NCCNC(=O)c2cccs2)cc1C. The molecule has 118 valence electrons. The van der Waals surface area contributed by atoms with Gasteiger partial charge in [0.05, 0.1) is 9.77 Å². The first kappa shape index (κ1) is 16.7. The summed E-state index contributed by atoms with van der Waals surface area (Å²) in [6.45, 7) is 4.18. The molecule has 0 saturated carbocycles. The molecule has 1 amide bonds. The molecule has 0 spiro atoms. The predicted octanol–water partition coefficient (Wildman–Crippen LogP) is 2.07. The number of sulfonamides is 1. The van der Waals surface area contributed by atoms with Crippen LogP contribution in [-0.2, 0) is 10.0 Å². The van der Waals surface area contributed by atoms with Crippen LogP contribution in [0, 0.1) is 13.8 Å². The number of carbonyl (C=O) groups excluding carboxylic acids is 1. The molecule has 1 heterocycles. The van der Waals surface area contributed by atoms with Gasteiger partial charge in [-0.25, -0.2) is 13.1 Å². The van der Waals surface area contributed by atoms with Crippen molar-refractivity contribution in [2.45, 2.75) is 18.7 Å². The Morgan fingerprint density at radius 2 is 1.91 bits per heavy atom. The average molecular weight is 338 g/mol. The Balaban J connectivity index is 1.87. The van der Waals surface area contributed by atoms with Crippen LogP contribution in [0.25, 0.3) is 0 Å². The van der Waals surface area contributed by atoms with Gasteiger partial charge in [0.1, 0.15) is 0 Å². The number of nitrogens with one attached hydrogen (secondary N) is 2. The Morgan fingerprint density at radius 3 is 2.55 bits per heavy atom. The molecular weight excluding hydrogens is 320 g/mol. The van der Waals surface area contributed by atoms with Crippen molar-refractivity contribution in [2.75, 3.05) is 13.1 Å². The van der Waals surface area contributed by atoms with Crippen LogP contribution in [0.1, 0.15) is 20.8 Å². The molecule has 7 heteroatoms. The number of amides is 1. The van der Waals surface area contributed by atoms with Crippen LogP contribution in [0.2, 0.25) is 0 Å². The number of thiophene rings is 1. The molecule has 0 radical (unpaired) electrons. The molecule has 5 nitrogen and oxygen atoms in total. The standard InChI is InChI=1S/C15H18N2O3S2/c1-11-5-6-13(10-12(11)2)22(19,20)17-8-7-16-15(18)14-4-3-9-21-14/h3-6,9-10,17H,7-8H2,1-2H3,(H,16,18). The molecule has 0 fully saturated rings. The van der Waals surface area contributed by atoms with Gasteiger partial charge in [-0.1, -0.05) is 12.1 Å². The lowest BCUT2D eigenvalue weighted by molar-refractivity contribution is 0.0958. The molecule has 1 aromatic heterocycles. The van der Waals surface area contributed by atoms with Crippen LogP contribution in [-0.4, -0.2) is 27.4 Å². The van der Waals surface area contributed by atoms with Crippen LogP contribution in [0.4, 0.5) is 0 Å². The van der Waals surface area contributed by atoms with E-state index in [1.807, 2.05) is 19.2 Å². The molecule has 0 saturated heterocycles. The third kappa shape index (κ3) is 4.16. The summed E-state index contributed by atoms with van der Waals surface area (Å²) in [7, 11) is -3.55. The Labute approximate surface area is 134 Å². The van der Waals surface area contributed by atoms with Gasteiger partial charge in [-0.05, 0) is 48.6 Å². The summed E-state index contributed by atoms with van der Waals surface area (Å²) in [5, 5.41) is 4.49. The molecular formula is C15H18N2O3S2. The largest absolute Gasteiger partial charge is 0.350 e. The molecule has 1 aromatic carbocycles. The first-order valence-electron chi connectivity index (χ1n) is 6.79. The molecule has 0 unspecified atom stereocenters. The van der Waals surface area contributed by atoms with E-state index in [4.69, 9.17) is 0 Å². The van der Waals surface area contributed by atoms with Crippen molar-refractivity contribution in [3.8, 4) is 0 Å². The van der Waals surface area contributed by atoms with Crippen molar-refractivity contribution < 1.29 is 13.2 Å². The van der Waals surface area contributed by atoms with Crippen LogP contribution < -0.4 is 10.0 Å². The molecule has 2 aromatic rings. The van der Waals surface area contributed by atoms with Crippen molar-refractivity contribution in [3.63, 3.8) is 0 Å². The first-order valence-corrected chi connectivity index (χ1v) is 9.15. The van der Waals surface area contributed by atoms with Crippen molar-refractivity contribution >= 4 is 27.3 Å². The minimum atomic E-state index is -3.55. The van der Waals surface area contributed by atoms with E-state index in [1.54, 1.807) is 30.3 Å². The second-order valence-electron chi connectivity index (χ2n) is 4.88. The van der Waals surface area contributed by atoms with Crippen molar-refractivity contribution in [3.05, 3.63) is 51.7 Å². The third-order valence-corrected chi connectivity index (χ3v) is 5.56. The number of benzene rings is 1. The van der Waals surface area contributed by atoms with E-state index in [1.165, 1.54) is 11.3 Å². The van der Waals surface area contributed by atoms with E-state index in [9.17, 15) is 13.2 Å². The number of hydrogen-bond acceptors (Lipinski definition) is 4. The van der Waals surface area contributed by atoms with Gasteiger partial charge in [0.25, 0.3) is 5.91 Å². The molecule has 22 heavy (non-hydrogen) atoms. The zero-order chi connectivity index (χ0) is 16.2. The van der Waals surface area contributed by atoms with Gasteiger partial charge in [-0.3, -0.25) is 4.79 Å². The molecule has 2 N–H and O–H groups in total. The maximum absolute atomic E-state index is 12.1. The molecule has 0 atom stereocenters. The van der Waals surface area contributed by atoms with E-state index < -0.39 is 10.0 Å². The molecule has 0 aliphatic carbocycles. The van der Waals surface area contributed by atoms with Gasteiger partial charge in [0, 0.05) is 13.1 Å². The monoisotopic (exact) mass is 338 g/mol. The number of rotatable bonds is 6. The fraction of sp³-hybridized carbons (Fsp3) is 0.267. The summed E-state index contributed by atoms with van der Waals surface area (Å²) in [6, 6.07) is 8.51.